The van der Waals surface area contributed by atoms with E-state index in [0.717, 1.165) is 16.7 Å². The lowest BCUT2D eigenvalue weighted by atomic mass is 10.1. The monoisotopic (exact) mass is 338 g/mol. The minimum Gasteiger partial charge on any atom is -0.411 e. The summed E-state index contributed by atoms with van der Waals surface area (Å²) in [4.78, 5) is 12.5. The molecule has 0 aliphatic carbocycles. The molecule has 3 aromatic rings. The third-order valence-corrected chi connectivity index (χ3v) is 4.70. The molecule has 1 heterocycles. The van der Waals surface area contributed by atoms with Crippen molar-refractivity contribution in [3.05, 3.63) is 65.2 Å². The Balaban J connectivity index is 1.73. The van der Waals surface area contributed by atoms with Gasteiger partial charge in [0.25, 0.3) is 5.22 Å². The number of benzene rings is 2. The summed E-state index contributed by atoms with van der Waals surface area (Å²) in [7, 11) is 0. The number of ketones is 1. The molecule has 0 amide bonds. The van der Waals surface area contributed by atoms with Crippen molar-refractivity contribution in [3.8, 4) is 11.5 Å². The molecule has 0 saturated heterocycles. The van der Waals surface area contributed by atoms with E-state index in [0.29, 0.717) is 16.7 Å². The van der Waals surface area contributed by atoms with E-state index in [2.05, 4.69) is 10.2 Å². The topological polar surface area (TPSA) is 56.0 Å². The van der Waals surface area contributed by atoms with Crippen molar-refractivity contribution in [2.24, 2.45) is 0 Å². The van der Waals surface area contributed by atoms with Gasteiger partial charge >= 0.3 is 0 Å². The van der Waals surface area contributed by atoms with E-state index >= 15 is 0 Å². The molecule has 0 bridgehead atoms. The first-order valence-electron chi connectivity index (χ1n) is 7.71. The fourth-order valence-corrected chi connectivity index (χ4v) is 3.10. The molecule has 0 radical (unpaired) electrons. The number of thioether (sulfide) groups is 1. The molecule has 1 atom stereocenters. The summed E-state index contributed by atoms with van der Waals surface area (Å²) in [6, 6.07) is 15.4. The number of rotatable bonds is 5. The molecule has 0 fully saturated rings. The zero-order chi connectivity index (χ0) is 17.1. The van der Waals surface area contributed by atoms with Crippen molar-refractivity contribution in [1.82, 2.24) is 10.2 Å². The van der Waals surface area contributed by atoms with Gasteiger partial charge in [0.15, 0.2) is 5.78 Å². The lowest BCUT2D eigenvalue weighted by Crippen LogP contribution is -2.13. The van der Waals surface area contributed by atoms with Crippen LogP contribution in [0.2, 0.25) is 0 Å². The van der Waals surface area contributed by atoms with Crippen molar-refractivity contribution in [3.63, 3.8) is 0 Å². The summed E-state index contributed by atoms with van der Waals surface area (Å²) in [5, 5.41) is 8.26. The highest BCUT2D eigenvalue weighted by atomic mass is 32.2. The highest BCUT2D eigenvalue weighted by Crippen LogP contribution is 2.29. The Morgan fingerprint density at radius 2 is 1.75 bits per heavy atom. The summed E-state index contributed by atoms with van der Waals surface area (Å²) in [6.07, 6.45) is 0. The third-order valence-electron chi connectivity index (χ3n) is 3.76. The summed E-state index contributed by atoms with van der Waals surface area (Å²) in [6.45, 7) is 5.85. The van der Waals surface area contributed by atoms with Crippen LogP contribution in [0.15, 0.2) is 58.2 Å². The van der Waals surface area contributed by atoms with Crippen LogP contribution in [-0.4, -0.2) is 21.2 Å². The third kappa shape index (κ3) is 3.57. The Kier molecular flexibility index (Phi) is 4.81. The van der Waals surface area contributed by atoms with Gasteiger partial charge in [-0.1, -0.05) is 59.8 Å². The molecule has 0 spiro atoms. The fourth-order valence-electron chi connectivity index (χ4n) is 2.34. The minimum atomic E-state index is -0.294. The van der Waals surface area contributed by atoms with E-state index in [1.807, 2.05) is 69.3 Å². The average molecular weight is 338 g/mol. The Hall–Kier alpha value is -2.40. The highest BCUT2D eigenvalue weighted by molar-refractivity contribution is 8.00. The SMILES string of the molecule is Cc1ccc(C(=O)[C@@H](C)Sc2nnc(-c3ccccc3C)o2)cc1. The lowest BCUT2D eigenvalue weighted by molar-refractivity contribution is 0.0993. The summed E-state index contributed by atoms with van der Waals surface area (Å²) >= 11 is 1.28. The molecule has 0 aliphatic rings. The van der Waals surface area contributed by atoms with E-state index in [1.54, 1.807) is 0 Å². The van der Waals surface area contributed by atoms with Gasteiger partial charge in [0.2, 0.25) is 5.89 Å². The number of hydrogen-bond acceptors (Lipinski definition) is 5. The second kappa shape index (κ2) is 7.01. The van der Waals surface area contributed by atoms with Crippen LogP contribution in [0.1, 0.15) is 28.4 Å². The molecule has 0 saturated carbocycles. The summed E-state index contributed by atoms with van der Waals surface area (Å²) in [5.74, 6) is 0.529. The van der Waals surface area contributed by atoms with Gasteiger partial charge in [-0.25, -0.2) is 0 Å². The van der Waals surface area contributed by atoms with Crippen LogP contribution in [0, 0.1) is 13.8 Å². The number of aromatic nitrogens is 2. The van der Waals surface area contributed by atoms with Gasteiger partial charge in [0, 0.05) is 11.1 Å². The van der Waals surface area contributed by atoms with Crippen molar-refractivity contribution < 1.29 is 9.21 Å². The fraction of sp³-hybridized carbons (Fsp3) is 0.211. The Bertz CT molecular complexity index is 856. The van der Waals surface area contributed by atoms with Crippen molar-refractivity contribution in [2.45, 2.75) is 31.2 Å². The second-order valence-electron chi connectivity index (χ2n) is 5.68. The molecule has 5 heteroatoms. The van der Waals surface area contributed by atoms with E-state index in [-0.39, 0.29) is 11.0 Å². The van der Waals surface area contributed by atoms with Crippen LogP contribution in [0.25, 0.3) is 11.5 Å². The molecule has 122 valence electrons. The molecular weight excluding hydrogens is 320 g/mol. The van der Waals surface area contributed by atoms with Crippen LogP contribution < -0.4 is 0 Å². The number of nitrogens with zero attached hydrogens (tertiary/aromatic N) is 2. The van der Waals surface area contributed by atoms with E-state index in [1.165, 1.54) is 11.8 Å². The second-order valence-corrected chi connectivity index (χ2v) is 6.97. The predicted octanol–water partition coefficient (Wildman–Crippen LogP) is 4.72. The van der Waals surface area contributed by atoms with Crippen LogP contribution in [0.4, 0.5) is 0 Å². The molecule has 2 aromatic carbocycles. The largest absolute Gasteiger partial charge is 0.411 e. The maximum Gasteiger partial charge on any atom is 0.277 e. The number of aryl methyl sites for hydroxylation is 2. The number of hydrogen-bond donors (Lipinski definition) is 0. The van der Waals surface area contributed by atoms with Crippen LogP contribution in [0.5, 0.6) is 0 Å². The van der Waals surface area contributed by atoms with Crippen LogP contribution in [-0.2, 0) is 0 Å². The van der Waals surface area contributed by atoms with Crippen molar-refractivity contribution in [2.75, 3.05) is 0 Å². The molecule has 0 unspecified atom stereocenters. The van der Waals surface area contributed by atoms with Crippen LogP contribution in [0.3, 0.4) is 0 Å². The van der Waals surface area contributed by atoms with E-state index < -0.39 is 0 Å². The van der Waals surface area contributed by atoms with Gasteiger partial charge in [-0.2, -0.15) is 0 Å². The van der Waals surface area contributed by atoms with Gasteiger partial charge in [0.05, 0.1) is 5.25 Å². The average Bonchev–Trinajstić information content (AvgIpc) is 3.03. The molecular formula is C19H18N2O2S. The first-order valence-corrected chi connectivity index (χ1v) is 8.59. The van der Waals surface area contributed by atoms with Gasteiger partial charge in [-0.15, -0.1) is 10.2 Å². The van der Waals surface area contributed by atoms with Crippen molar-refractivity contribution in [1.29, 1.82) is 0 Å². The van der Waals surface area contributed by atoms with Gasteiger partial charge in [-0.05, 0) is 32.4 Å². The quantitative estimate of drug-likeness (QED) is 0.498. The summed E-state index contributed by atoms with van der Waals surface area (Å²) in [5.41, 5.74) is 3.81. The maximum absolute atomic E-state index is 12.5. The molecule has 4 nitrogen and oxygen atoms in total. The standard InChI is InChI=1S/C19H18N2O2S/c1-12-8-10-15(11-9-12)17(22)14(3)24-19-21-20-18(23-19)16-7-5-4-6-13(16)2/h4-11,14H,1-3H3/t14-/m1/s1. The zero-order valence-electron chi connectivity index (χ0n) is 13.8. The van der Waals surface area contributed by atoms with Crippen molar-refractivity contribution >= 4 is 17.5 Å². The first-order chi connectivity index (χ1) is 11.5. The smallest absolute Gasteiger partial charge is 0.277 e. The molecule has 24 heavy (non-hydrogen) atoms. The van der Waals surface area contributed by atoms with E-state index in [4.69, 9.17) is 4.42 Å². The lowest BCUT2D eigenvalue weighted by Gasteiger charge is -2.07. The highest BCUT2D eigenvalue weighted by Gasteiger charge is 2.20. The zero-order valence-corrected chi connectivity index (χ0v) is 14.6. The Morgan fingerprint density at radius 1 is 1.04 bits per heavy atom. The maximum atomic E-state index is 12.5. The number of carbonyl (C=O) groups excluding carboxylic acids is 1. The van der Waals surface area contributed by atoms with Gasteiger partial charge in [0.1, 0.15) is 0 Å². The normalized spacial score (nSPS) is 12.1. The number of carbonyl (C=O) groups is 1. The van der Waals surface area contributed by atoms with Crippen LogP contribution >= 0.6 is 11.8 Å². The van der Waals surface area contributed by atoms with Gasteiger partial charge < -0.3 is 4.42 Å². The Morgan fingerprint density at radius 3 is 2.46 bits per heavy atom. The molecule has 0 N–H and O–H groups in total. The molecule has 1 aromatic heterocycles. The molecule has 3 rings (SSSR count). The first kappa shape index (κ1) is 16.5. The predicted molar refractivity (Wildman–Crippen MR) is 95.3 cm³/mol. The molecule has 0 aliphatic heterocycles. The summed E-state index contributed by atoms with van der Waals surface area (Å²) < 4.78 is 5.71. The Labute approximate surface area is 145 Å². The van der Waals surface area contributed by atoms with E-state index in [9.17, 15) is 4.79 Å². The minimum absolute atomic E-state index is 0.0515. The number of Topliss-reactive ketones (excluding diaryl/α,β-unsaturated/α-hetero) is 1. The van der Waals surface area contributed by atoms with Gasteiger partial charge in [-0.3, -0.25) is 4.79 Å².